The lowest BCUT2D eigenvalue weighted by Gasteiger charge is -2.17. The molecule has 0 spiro atoms. The summed E-state index contributed by atoms with van der Waals surface area (Å²) in [7, 11) is 1.77. The molecule has 132 valence electrons. The number of pyridine rings is 1. The van der Waals surface area contributed by atoms with Crippen molar-refractivity contribution in [2.45, 2.75) is 12.8 Å². The SMILES string of the molecule is CN(CCc1ccncc1)C(=O)C1CC1C(=O)Nc1cccc(C#N)c1. The molecule has 0 radical (unpaired) electrons. The maximum absolute atomic E-state index is 12.5. The molecule has 0 bridgehead atoms. The summed E-state index contributed by atoms with van der Waals surface area (Å²) in [4.78, 5) is 30.5. The Morgan fingerprint density at radius 3 is 2.77 bits per heavy atom. The van der Waals surface area contributed by atoms with Crippen molar-refractivity contribution in [1.82, 2.24) is 9.88 Å². The summed E-state index contributed by atoms with van der Waals surface area (Å²) in [5.41, 5.74) is 2.20. The van der Waals surface area contributed by atoms with E-state index in [4.69, 9.17) is 5.26 Å². The molecule has 3 rings (SSSR count). The van der Waals surface area contributed by atoms with E-state index in [0.29, 0.717) is 24.2 Å². The van der Waals surface area contributed by atoms with E-state index in [9.17, 15) is 9.59 Å². The lowest BCUT2D eigenvalue weighted by Crippen LogP contribution is -2.31. The predicted octanol–water partition coefficient (Wildman–Crippen LogP) is 2.23. The van der Waals surface area contributed by atoms with Gasteiger partial charge in [0.2, 0.25) is 11.8 Å². The molecular weight excluding hydrogens is 328 g/mol. The average Bonchev–Trinajstić information content (AvgIpc) is 3.47. The third-order valence-corrected chi connectivity index (χ3v) is 4.57. The van der Waals surface area contributed by atoms with Gasteiger partial charge in [0.1, 0.15) is 0 Å². The second kappa shape index (κ2) is 7.79. The smallest absolute Gasteiger partial charge is 0.228 e. The van der Waals surface area contributed by atoms with E-state index in [-0.39, 0.29) is 23.7 Å². The Hall–Kier alpha value is -3.20. The highest BCUT2D eigenvalue weighted by molar-refractivity contribution is 5.99. The Labute approximate surface area is 152 Å². The van der Waals surface area contributed by atoms with E-state index in [1.807, 2.05) is 18.2 Å². The Bertz CT molecular complexity index is 844. The number of hydrogen-bond donors (Lipinski definition) is 1. The van der Waals surface area contributed by atoms with Gasteiger partial charge in [-0.05, 0) is 48.7 Å². The molecule has 1 aliphatic rings. The molecule has 1 fully saturated rings. The van der Waals surface area contributed by atoms with E-state index in [2.05, 4.69) is 10.3 Å². The van der Waals surface area contributed by atoms with Gasteiger partial charge in [-0.3, -0.25) is 14.6 Å². The van der Waals surface area contributed by atoms with Gasteiger partial charge >= 0.3 is 0 Å². The first-order valence-corrected chi connectivity index (χ1v) is 8.53. The van der Waals surface area contributed by atoms with Gasteiger partial charge in [0, 0.05) is 31.7 Å². The lowest BCUT2D eigenvalue weighted by atomic mass is 10.2. The second-order valence-electron chi connectivity index (χ2n) is 6.50. The molecule has 6 nitrogen and oxygen atoms in total. The predicted molar refractivity (Wildman–Crippen MR) is 97.0 cm³/mol. The van der Waals surface area contributed by atoms with Crippen molar-refractivity contribution in [2.75, 3.05) is 18.9 Å². The molecule has 1 heterocycles. The molecule has 1 aromatic heterocycles. The fourth-order valence-corrected chi connectivity index (χ4v) is 2.90. The minimum atomic E-state index is -0.295. The normalized spacial score (nSPS) is 17.8. The van der Waals surface area contributed by atoms with Crippen LogP contribution in [0, 0.1) is 23.2 Å². The van der Waals surface area contributed by atoms with Crippen molar-refractivity contribution in [1.29, 1.82) is 5.26 Å². The summed E-state index contributed by atoms with van der Waals surface area (Å²) in [5.74, 6) is -0.709. The minimum Gasteiger partial charge on any atom is -0.345 e. The first kappa shape index (κ1) is 17.6. The van der Waals surface area contributed by atoms with Crippen LogP contribution >= 0.6 is 0 Å². The van der Waals surface area contributed by atoms with Crippen molar-refractivity contribution in [3.8, 4) is 6.07 Å². The zero-order valence-corrected chi connectivity index (χ0v) is 14.6. The van der Waals surface area contributed by atoms with Crippen LogP contribution in [-0.2, 0) is 16.0 Å². The monoisotopic (exact) mass is 348 g/mol. The molecule has 2 atom stereocenters. The number of benzene rings is 1. The summed E-state index contributed by atoms with van der Waals surface area (Å²) in [6, 6.07) is 12.7. The molecule has 2 aromatic rings. The topological polar surface area (TPSA) is 86.1 Å². The molecule has 1 N–H and O–H groups in total. The third-order valence-electron chi connectivity index (χ3n) is 4.57. The van der Waals surface area contributed by atoms with Gasteiger partial charge in [0.15, 0.2) is 0 Å². The van der Waals surface area contributed by atoms with E-state index in [1.54, 1.807) is 48.6 Å². The van der Waals surface area contributed by atoms with Crippen LogP contribution in [0.4, 0.5) is 5.69 Å². The van der Waals surface area contributed by atoms with Crippen LogP contribution in [0.15, 0.2) is 48.8 Å². The van der Waals surface area contributed by atoms with Crippen LogP contribution in [0.1, 0.15) is 17.5 Å². The van der Waals surface area contributed by atoms with Crippen molar-refractivity contribution in [3.05, 3.63) is 59.9 Å². The Kier molecular flexibility index (Phi) is 5.28. The highest BCUT2D eigenvalue weighted by Crippen LogP contribution is 2.40. The van der Waals surface area contributed by atoms with Crippen molar-refractivity contribution >= 4 is 17.5 Å². The van der Waals surface area contributed by atoms with Crippen LogP contribution in [0.25, 0.3) is 0 Å². The molecule has 26 heavy (non-hydrogen) atoms. The molecule has 1 saturated carbocycles. The van der Waals surface area contributed by atoms with Crippen molar-refractivity contribution < 1.29 is 9.59 Å². The van der Waals surface area contributed by atoms with Crippen LogP contribution < -0.4 is 5.32 Å². The van der Waals surface area contributed by atoms with Crippen molar-refractivity contribution in [3.63, 3.8) is 0 Å². The zero-order valence-electron chi connectivity index (χ0n) is 14.6. The molecule has 2 amide bonds. The number of aromatic nitrogens is 1. The highest BCUT2D eigenvalue weighted by Gasteiger charge is 2.48. The number of likely N-dealkylation sites (N-methyl/N-ethyl adjacent to an activating group) is 1. The van der Waals surface area contributed by atoms with Crippen LogP contribution in [0.3, 0.4) is 0 Å². The Morgan fingerprint density at radius 1 is 1.27 bits per heavy atom. The number of carbonyl (C=O) groups is 2. The second-order valence-corrected chi connectivity index (χ2v) is 6.50. The number of anilines is 1. The van der Waals surface area contributed by atoms with Crippen LogP contribution in [-0.4, -0.2) is 35.3 Å². The van der Waals surface area contributed by atoms with Crippen molar-refractivity contribution in [2.24, 2.45) is 11.8 Å². The van der Waals surface area contributed by atoms with Gasteiger partial charge in [-0.1, -0.05) is 6.07 Å². The number of nitrogens with one attached hydrogen (secondary N) is 1. The maximum atomic E-state index is 12.5. The number of amides is 2. The highest BCUT2D eigenvalue weighted by atomic mass is 16.2. The number of hydrogen-bond acceptors (Lipinski definition) is 4. The largest absolute Gasteiger partial charge is 0.345 e. The minimum absolute atomic E-state index is 0.00461. The van der Waals surface area contributed by atoms with Crippen LogP contribution in [0.5, 0.6) is 0 Å². The summed E-state index contributed by atoms with van der Waals surface area (Å²) in [6.07, 6.45) is 4.80. The molecule has 0 aliphatic heterocycles. The quantitative estimate of drug-likeness (QED) is 0.867. The first-order valence-electron chi connectivity index (χ1n) is 8.53. The number of carbonyl (C=O) groups excluding carboxylic acids is 2. The number of rotatable bonds is 6. The molecular formula is C20H20N4O2. The summed E-state index contributed by atoms with van der Waals surface area (Å²) >= 11 is 0. The van der Waals surface area contributed by atoms with Gasteiger partial charge in [-0.25, -0.2) is 0 Å². The van der Waals surface area contributed by atoms with E-state index >= 15 is 0 Å². The average molecular weight is 348 g/mol. The van der Waals surface area contributed by atoms with Gasteiger partial charge in [-0.2, -0.15) is 5.26 Å². The molecule has 1 aromatic carbocycles. The molecule has 1 aliphatic carbocycles. The number of nitriles is 1. The Balaban J connectivity index is 1.49. The number of nitrogens with zero attached hydrogens (tertiary/aromatic N) is 3. The fraction of sp³-hybridized carbons (Fsp3) is 0.300. The van der Waals surface area contributed by atoms with Gasteiger partial charge < -0.3 is 10.2 Å². The van der Waals surface area contributed by atoms with E-state index in [1.165, 1.54) is 0 Å². The summed E-state index contributed by atoms with van der Waals surface area (Å²) < 4.78 is 0. The summed E-state index contributed by atoms with van der Waals surface area (Å²) in [5, 5.41) is 11.7. The lowest BCUT2D eigenvalue weighted by molar-refractivity contribution is -0.132. The molecule has 0 saturated heterocycles. The zero-order chi connectivity index (χ0) is 18.5. The van der Waals surface area contributed by atoms with Gasteiger partial charge in [0.05, 0.1) is 23.5 Å². The fourth-order valence-electron chi connectivity index (χ4n) is 2.90. The Morgan fingerprint density at radius 2 is 2.04 bits per heavy atom. The molecule has 2 unspecified atom stereocenters. The van der Waals surface area contributed by atoms with Crippen LogP contribution in [0.2, 0.25) is 0 Å². The van der Waals surface area contributed by atoms with E-state index < -0.39 is 0 Å². The van der Waals surface area contributed by atoms with Gasteiger partial charge in [-0.15, -0.1) is 0 Å². The molecule has 6 heteroatoms. The maximum Gasteiger partial charge on any atom is 0.228 e. The standard InChI is InChI=1S/C20H20N4O2/c1-24(10-7-14-5-8-22-9-6-14)20(26)18-12-17(18)19(25)23-16-4-2-3-15(11-16)13-21/h2-6,8-9,11,17-18H,7,10,12H2,1H3,(H,23,25). The first-order chi connectivity index (χ1) is 12.6. The van der Waals surface area contributed by atoms with Gasteiger partial charge in [0.25, 0.3) is 0 Å². The summed E-state index contributed by atoms with van der Waals surface area (Å²) in [6.45, 7) is 0.609. The third kappa shape index (κ3) is 4.25. The van der Waals surface area contributed by atoms with E-state index in [0.717, 1.165) is 12.0 Å².